The summed E-state index contributed by atoms with van der Waals surface area (Å²) in [5.41, 5.74) is 0. The molecule has 110 valence electrons. The maximum Gasteiger partial charge on any atom is 0.0799 e. The van der Waals surface area contributed by atoms with Crippen LogP contribution in [-0.4, -0.2) is 45.8 Å². The van der Waals surface area contributed by atoms with Crippen molar-refractivity contribution in [3.05, 3.63) is 0 Å². The van der Waals surface area contributed by atoms with Gasteiger partial charge in [0.2, 0.25) is 0 Å². The van der Waals surface area contributed by atoms with Gasteiger partial charge in [-0.25, -0.2) is 0 Å². The van der Waals surface area contributed by atoms with Gasteiger partial charge in [0.15, 0.2) is 0 Å². The predicted molar refractivity (Wildman–Crippen MR) is 72.4 cm³/mol. The van der Waals surface area contributed by atoms with Crippen LogP contribution in [-0.2, 0) is 0 Å². The summed E-state index contributed by atoms with van der Waals surface area (Å²) >= 11 is 0. The second kappa shape index (κ2) is 13.3. The van der Waals surface area contributed by atoms with Crippen molar-refractivity contribution >= 4 is 0 Å². The first kappa shape index (κ1) is 17.8. The van der Waals surface area contributed by atoms with Crippen LogP contribution in [0.25, 0.3) is 0 Å². The van der Waals surface area contributed by atoms with E-state index in [0.29, 0.717) is 0 Å². The Hall–Kier alpha value is -0.160. The third kappa shape index (κ3) is 11.0. The Kier molecular flexibility index (Phi) is 13.2. The Labute approximate surface area is 111 Å². The Morgan fingerprint density at radius 2 is 0.833 bits per heavy atom. The molecule has 1 saturated carbocycles. The molecule has 0 saturated heterocycles. The minimum absolute atomic E-state index is 0.125. The second-order valence-corrected chi connectivity index (χ2v) is 4.99. The van der Waals surface area contributed by atoms with Crippen molar-refractivity contribution in [1.29, 1.82) is 0 Å². The number of aliphatic hydroxyl groups is 4. The van der Waals surface area contributed by atoms with E-state index in [1.54, 1.807) is 0 Å². The van der Waals surface area contributed by atoms with Crippen molar-refractivity contribution in [3.8, 4) is 0 Å². The van der Waals surface area contributed by atoms with Crippen LogP contribution in [0.2, 0.25) is 0 Å². The van der Waals surface area contributed by atoms with Gasteiger partial charge in [-0.1, -0.05) is 51.4 Å². The van der Waals surface area contributed by atoms with Crippen LogP contribution in [0.15, 0.2) is 0 Å². The summed E-state index contributed by atoms with van der Waals surface area (Å²) in [7, 11) is 0. The topological polar surface area (TPSA) is 80.9 Å². The highest BCUT2D eigenvalue weighted by atomic mass is 16.3. The summed E-state index contributed by atoms with van der Waals surface area (Å²) in [6.07, 6.45) is 10.4. The van der Waals surface area contributed by atoms with E-state index in [9.17, 15) is 10.2 Å². The zero-order valence-corrected chi connectivity index (χ0v) is 11.4. The Morgan fingerprint density at radius 3 is 1.11 bits per heavy atom. The van der Waals surface area contributed by atoms with Crippen LogP contribution in [0.4, 0.5) is 0 Å². The highest BCUT2D eigenvalue weighted by Gasteiger charge is 2.15. The minimum atomic E-state index is -0.477. The van der Waals surface area contributed by atoms with Gasteiger partial charge in [0, 0.05) is 0 Å². The third-order valence-electron chi connectivity index (χ3n) is 3.29. The number of hydrogen-bond acceptors (Lipinski definition) is 4. The van der Waals surface area contributed by atoms with E-state index in [0.717, 1.165) is 25.7 Å². The van der Waals surface area contributed by atoms with E-state index >= 15 is 0 Å². The van der Waals surface area contributed by atoms with Gasteiger partial charge in [0.1, 0.15) is 0 Å². The van der Waals surface area contributed by atoms with Gasteiger partial charge in [-0.2, -0.15) is 0 Å². The molecule has 1 rings (SSSR count). The van der Waals surface area contributed by atoms with Gasteiger partial charge >= 0.3 is 0 Å². The van der Waals surface area contributed by atoms with Crippen molar-refractivity contribution in [2.45, 2.75) is 76.4 Å². The summed E-state index contributed by atoms with van der Waals surface area (Å²) in [4.78, 5) is 0. The summed E-state index contributed by atoms with van der Waals surface area (Å²) in [6.45, 7) is -0.250. The molecule has 0 radical (unpaired) electrons. The van der Waals surface area contributed by atoms with Crippen LogP contribution in [0, 0.1) is 0 Å². The van der Waals surface area contributed by atoms with E-state index in [1.165, 1.54) is 38.5 Å². The van der Waals surface area contributed by atoms with Gasteiger partial charge in [0.05, 0.1) is 25.4 Å². The maximum atomic E-state index is 9.61. The van der Waals surface area contributed by atoms with Gasteiger partial charge in [-0.05, 0) is 12.8 Å². The molecule has 4 heteroatoms. The molecular formula is C14H30O4. The maximum absolute atomic E-state index is 9.61. The predicted octanol–water partition coefficient (Wildman–Crippen LogP) is 1.59. The molecule has 0 spiro atoms. The van der Waals surface area contributed by atoms with E-state index < -0.39 is 12.2 Å². The number of hydrogen-bond donors (Lipinski definition) is 4. The molecule has 2 unspecified atom stereocenters. The van der Waals surface area contributed by atoms with E-state index in [-0.39, 0.29) is 13.2 Å². The van der Waals surface area contributed by atoms with Crippen LogP contribution >= 0.6 is 0 Å². The Morgan fingerprint density at radius 1 is 0.556 bits per heavy atom. The molecule has 0 amide bonds. The summed E-state index contributed by atoms with van der Waals surface area (Å²) < 4.78 is 0. The van der Waals surface area contributed by atoms with E-state index in [4.69, 9.17) is 10.2 Å². The van der Waals surface area contributed by atoms with Crippen LogP contribution in [0.3, 0.4) is 0 Å². The molecule has 0 aromatic carbocycles. The van der Waals surface area contributed by atoms with Crippen molar-refractivity contribution in [2.24, 2.45) is 0 Å². The van der Waals surface area contributed by atoms with E-state index in [2.05, 4.69) is 0 Å². The molecule has 4 N–H and O–H groups in total. The summed E-state index contributed by atoms with van der Waals surface area (Å²) in [5, 5.41) is 34.5. The van der Waals surface area contributed by atoms with Crippen molar-refractivity contribution in [1.82, 2.24) is 0 Å². The highest BCUT2D eigenvalue weighted by Crippen LogP contribution is 2.17. The average molecular weight is 262 g/mol. The molecule has 1 fully saturated rings. The quantitative estimate of drug-likeness (QED) is 0.578. The van der Waals surface area contributed by atoms with E-state index in [1.807, 2.05) is 0 Å². The average Bonchev–Trinajstić information content (AvgIpc) is 2.39. The fourth-order valence-corrected chi connectivity index (χ4v) is 2.15. The normalized spacial score (nSPS) is 27.3. The zero-order valence-electron chi connectivity index (χ0n) is 11.4. The largest absolute Gasteiger partial charge is 0.394 e. The lowest BCUT2D eigenvalue weighted by atomic mass is 9.98. The third-order valence-corrected chi connectivity index (χ3v) is 3.29. The standard InChI is InChI=1S/C12H24O2.C2H6O2/c13-11-9-7-5-3-1-2-4-6-8-10-12(11)14;3-1-2-4/h11-14H,1-10H2;3-4H,1-2H2. The summed E-state index contributed by atoms with van der Waals surface area (Å²) in [6, 6.07) is 0. The van der Waals surface area contributed by atoms with Crippen LogP contribution in [0.1, 0.15) is 64.2 Å². The fraction of sp³-hybridized carbons (Fsp3) is 1.00. The van der Waals surface area contributed by atoms with Crippen LogP contribution in [0.5, 0.6) is 0 Å². The molecule has 2 atom stereocenters. The van der Waals surface area contributed by atoms with Gasteiger partial charge in [-0.3, -0.25) is 0 Å². The van der Waals surface area contributed by atoms with Gasteiger partial charge in [-0.15, -0.1) is 0 Å². The molecular weight excluding hydrogens is 232 g/mol. The molecule has 0 bridgehead atoms. The molecule has 0 aromatic heterocycles. The Bertz CT molecular complexity index is 146. The molecule has 1 aliphatic rings. The first-order chi connectivity index (χ1) is 8.72. The Balaban J connectivity index is 0.000000631. The monoisotopic (exact) mass is 262 g/mol. The number of rotatable bonds is 1. The minimum Gasteiger partial charge on any atom is -0.394 e. The van der Waals surface area contributed by atoms with Crippen LogP contribution < -0.4 is 0 Å². The lowest BCUT2D eigenvalue weighted by molar-refractivity contribution is 0.00685. The molecule has 0 aliphatic heterocycles. The molecule has 0 aromatic rings. The first-order valence-corrected chi connectivity index (χ1v) is 7.30. The molecule has 1 aliphatic carbocycles. The van der Waals surface area contributed by atoms with Gasteiger partial charge in [0.25, 0.3) is 0 Å². The number of aliphatic hydroxyl groups excluding tert-OH is 4. The molecule has 0 heterocycles. The summed E-state index contributed by atoms with van der Waals surface area (Å²) in [5.74, 6) is 0. The molecule has 4 nitrogen and oxygen atoms in total. The zero-order chi connectivity index (χ0) is 13.6. The SMILES string of the molecule is OC1CCCCCCCCCCC1O.OCCO. The van der Waals surface area contributed by atoms with Crippen molar-refractivity contribution in [3.63, 3.8) is 0 Å². The fourth-order valence-electron chi connectivity index (χ4n) is 2.15. The lowest BCUT2D eigenvalue weighted by Crippen LogP contribution is -2.25. The smallest absolute Gasteiger partial charge is 0.0799 e. The van der Waals surface area contributed by atoms with Crippen molar-refractivity contribution in [2.75, 3.05) is 13.2 Å². The van der Waals surface area contributed by atoms with Crippen molar-refractivity contribution < 1.29 is 20.4 Å². The van der Waals surface area contributed by atoms with Gasteiger partial charge < -0.3 is 20.4 Å². The second-order valence-electron chi connectivity index (χ2n) is 4.99. The first-order valence-electron chi connectivity index (χ1n) is 7.30. The molecule has 18 heavy (non-hydrogen) atoms. The lowest BCUT2D eigenvalue weighted by Gasteiger charge is -2.18. The highest BCUT2D eigenvalue weighted by molar-refractivity contribution is 4.68.